The molecule has 32 heavy (non-hydrogen) atoms. The van der Waals surface area contributed by atoms with Crippen LogP contribution in [0.15, 0.2) is 23.2 Å². The highest BCUT2D eigenvalue weighted by molar-refractivity contribution is 6.09. The lowest BCUT2D eigenvalue weighted by Crippen LogP contribution is -2.53. The molecule has 8 heteroatoms. The molecule has 1 aromatic rings. The number of amidine groups is 1. The number of hydrogen-bond donors (Lipinski definition) is 0. The van der Waals surface area contributed by atoms with Crippen LogP contribution in [0.3, 0.4) is 0 Å². The van der Waals surface area contributed by atoms with Crippen molar-refractivity contribution in [2.45, 2.75) is 69.7 Å². The number of benzene rings is 1. The minimum Gasteiger partial charge on any atom is -0.493 e. The molecular formula is C24H29F3N2O3. The average molecular weight is 451 g/mol. The Morgan fingerprint density at radius 2 is 1.91 bits per heavy atom. The van der Waals surface area contributed by atoms with Crippen molar-refractivity contribution in [3.8, 4) is 5.75 Å². The molecule has 2 fully saturated rings. The summed E-state index contributed by atoms with van der Waals surface area (Å²) in [7, 11) is 1.68. The molecule has 2 spiro atoms. The summed E-state index contributed by atoms with van der Waals surface area (Å²) < 4.78 is 51.5. The summed E-state index contributed by atoms with van der Waals surface area (Å²) in [6, 6.07) is 5.75. The lowest BCUT2D eigenvalue weighted by molar-refractivity contribution is -0.158. The number of rotatable bonds is 5. The van der Waals surface area contributed by atoms with Crippen molar-refractivity contribution in [2.24, 2.45) is 16.3 Å². The number of alkyl halides is 3. The highest BCUT2D eigenvalue weighted by Gasteiger charge is 2.67. The molecule has 0 bridgehead atoms. The zero-order chi connectivity index (χ0) is 22.7. The van der Waals surface area contributed by atoms with Gasteiger partial charge in [0.15, 0.2) is 5.54 Å². The summed E-state index contributed by atoms with van der Waals surface area (Å²) in [5.74, 6) is 0.815. The summed E-state index contributed by atoms with van der Waals surface area (Å²) >= 11 is 0. The fourth-order valence-electron chi connectivity index (χ4n) is 5.91. The quantitative estimate of drug-likeness (QED) is 0.658. The summed E-state index contributed by atoms with van der Waals surface area (Å²) in [5.41, 5.74) is -0.165. The van der Waals surface area contributed by atoms with E-state index in [1.54, 1.807) is 7.11 Å². The fourth-order valence-corrected chi connectivity index (χ4v) is 5.91. The van der Waals surface area contributed by atoms with E-state index >= 15 is 0 Å². The number of amides is 1. The van der Waals surface area contributed by atoms with Crippen LogP contribution in [-0.4, -0.2) is 49.2 Å². The topological polar surface area (TPSA) is 51.1 Å². The van der Waals surface area contributed by atoms with Crippen molar-refractivity contribution in [1.29, 1.82) is 0 Å². The predicted molar refractivity (Wildman–Crippen MR) is 113 cm³/mol. The highest BCUT2D eigenvalue weighted by atomic mass is 19.4. The van der Waals surface area contributed by atoms with E-state index in [0.29, 0.717) is 37.5 Å². The molecule has 174 valence electrons. The molecule has 5 rings (SSSR count). The van der Waals surface area contributed by atoms with Gasteiger partial charge in [-0.3, -0.25) is 14.7 Å². The number of aliphatic imine (C=N–C) groups is 1. The maximum atomic E-state index is 13.8. The van der Waals surface area contributed by atoms with E-state index in [9.17, 15) is 18.0 Å². The van der Waals surface area contributed by atoms with Crippen molar-refractivity contribution in [3.05, 3.63) is 29.3 Å². The molecule has 2 saturated carbocycles. The number of ether oxygens (including phenoxy) is 2. The first kappa shape index (κ1) is 21.7. The van der Waals surface area contributed by atoms with E-state index in [4.69, 9.17) is 14.5 Å². The summed E-state index contributed by atoms with van der Waals surface area (Å²) in [4.78, 5) is 19.4. The van der Waals surface area contributed by atoms with E-state index in [2.05, 4.69) is 0 Å². The second-order valence-electron chi connectivity index (χ2n) is 9.84. The average Bonchev–Trinajstić information content (AvgIpc) is 3.50. The molecule has 0 aromatic heterocycles. The number of nitrogens with zero attached hydrogens (tertiary/aromatic N) is 2. The van der Waals surface area contributed by atoms with Crippen LogP contribution in [0.2, 0.25) is 0 Å². The largest absolute Gasteiger partial charge is 0.493 e. The van der Waals surface area contributed by atoms with E-state index in [1.165, 1.54) is 6.92 Å². The van der Waals surface area contributed by atoms with Gasteiger partial charge in [-0.05, 0) is 81.0 Å². The standard InChI is InChI=1S/C24H29F3N2O3/c1-15-28-24(21(30)29(15)14-23(25,26)27)20-11-19(32-13-16-3-4-16)6-5-17(20)12-22(24)9-7-18(31-2)8-10-22/h5-6,11,16,18H,3-4,7-10,12-14H2,1-2H3. The molecule has 1 aliphatic heterocycles. The van der Waals surface area contributed by atoms with Crippen LogP contribution >= 0.6 is 0 Å². The number of carbonyl (C=O) groups excluding carboxylic acids is 1. The van der Waals surface area contributed by atoms with Gasteiger partial charge < -0.3 is 9.47 Å². The van der Waals surface area contributed by atoms with Crippen LogP contribution in [0, 0.1) is 11.3 Å². The van der Waals surface area contributed by atoms with Gasteiger partial charge in [-0.25, -0.2) is 0 Å². The molecule has 1 aromatic carbocycles. The van der Waals surface area contributed by atoms with Gasteiger partial charge in [0.2, 0.25) is 0 Å². The molecule has 1 heterocycles. The van der Waals surface area contributed by atoms with Gasteiger partial charge >= 0.3 is 6.18 Å². The predicted octanol–water partition coefficient (Wildman–Crippen LogP) is 4.63. The Hall–Kier alpha value is -2.09. The SMILES string of the molecule is COC1CCC2(CC1)Cc1ccc(OCC3CC3)cc1C21N=C(C)N(CC(F)(F)F)C1=O. The first-order chi connectivity index (χ1) is 15.2. The Bertz CT molecular complexity index is 948. The molecule has 0 saturated heterocycles. The summed E-state index contributed by atoms with van der Waals surface area (Å²) in [6.45, 7) is 0.827. The van der Waals surface area contributed by atoms with E-state index in [-0.39, 0.29) is 11.9 Å². The Labute approximate surface area is 186 Å². The molecule has 0 radical (unpaired) electrons. The molecule has 4 aliphatic rings. The first-order valence-electron chi connectivity index (χ1n) is 11.4. The molecular weight excluding hydrogens is 421 g/mol. The van der Waals surface area contributed by atoms with Crippen LogP contribution in [0.5, 0.6) is 5.75 Å². The molecule has 1 unspecified atom stereocenters. The van der Waals surface area contributed by atoms with Gasteiger partial charge in [-0.2, -0.15) is 13.2 Å². The summed E-state index contributed by atoms with van der Waals surface area (Å²) in [6.07, 6.45) is 1.45. The zero-order valence-electron chi connectivity index (χ0n) is 18.5. The first-order valence-corrected chi connectivity index (χ1v) is 11.4. The van der Waals surface area contributed by atoms with Gasteiger partial charge in [0, 0.05) is 12.5 Å². The highest BCUT2D eigenvalue weighted by Crippen LogP contribution is 2.62. The molecule has 5 nitrogen and oxygen atoms in total. The maximum Gasteiger partial charge on any atom is 0.406 e. The normalized spacial score (nSPS) is 32.0. The van der Waals surface area contributed by atoms with Gasteiger partial charge in [-0.15, -0.1) is 0 Å². The third-order valence-electron chi connectivity index (χ3n) is 7.79. The van der Waals surface area contributed by atoms with Crippen LogP contribution < -0.4 is 4.74 Å². The van der Waals surface area contributed by atoms with E-state index in [0.717, 1.165) is 41.7 Å². The van der Waals surface area contributed by atoms with Gasteiger partial charge in [-0.1, -0.05) is 6.07 Å². The third kappa shape index (κ3) is 3.42. The summed E-state index contributed by atoms with van der Waals surface area (Å²) in [5, 5.41) is 0. The number of hydrogen-bond acceptors (Lipinski definition) is 4. The number of halogens is 3. The van der Waals surface area contributed by atoms with Crippen molar-refractivity contribution < 1.29 is 27.4 Å². The lowest BCUT2D eigenvalue weighted by atomic mass is 9.61. The Kier molecular flexibility index (Phi) is 5.07. The molecule has 1 amide bonds. The minimum absolute atomic E-state index is 0.103. The van der Waals surface area contributed by atoms with Crippen LogP contribution in [-0.2, 0) is 21.5 Å². The smallest absolute Gasteiger partial charge is 0.406 e. The van der Waals surface area contributed by atoms with Crippen LogP contribution in [0.4, 0.5) is 13.2 Å². The van der Waals surface area contributed by atoms with Crippen LogP contribution in [0.1, 0.15) is 56.6 Å². The van der Waals surface area contributed by atoms with Crippen molar-refractivity contribution >= 4 is 11.7 Å². The lowest BCUT2D eigenvalue weighted by Gasteiger charge is -2.45. The van der Waals surface area contributed by atoms with Gasteiger partial charge in [0.1, 0.15) is 18.1 Å². The van der Waals surface area contributed by atoms with Crippen molar-refractivity contribution in [2.75, 3.05) is 20.3 Å². The molecule has 1 atom stereocenters. The number of methoxy groups -OCH3 is 1. The number of carbonyl (C=O) groups is 1. The molecule has 3 aliphatic carbocycles. The maximum absolute atomic E-state index is 13.8. The van der Waals surface area contributed by atoms with Crippen molar-refractivity contribution in [3.63, 3.8) is 0 Å². The Balaban J connectivity index is 1.57. The Morgan fingerprint density at radius 3 is 2.53 bits per heavy atom. The second kappa shape index (κ2) is 7.47. The molecule has 0 N–H and O–H groups in total. The van der Waals surface area contributed by atoms with Crippen LogP contribution in [0.25, 0.3) is 0 Å². The van der Waals surface area contributed by atoms with Gasteiger partial charge in [0.05, 0.1) is 12.7 Å². The third-order valence-corrected chi connectivity index (χ3v) is 7.79. The monoisotopic (exact) mass is 450 g/mol. The zero-order valence-corrected chi connectivity index (χ0v) is 18.5. The van der Waals surface area contributed by atoms with E-state index < -0.39 is 29.6 Å². The number of fused-ring (bicyclic) bond motifs is 3. The Morgan fingerprint density at radius 1 is 1.19 bits per heavy atom. The van der Waals surface area contributed by atoms with E-state index in [1.807, 2.05) is 18.2 Å². The van der Waals surface area contributed by atoms with Crippen molar-refractivity contribution in [1.82, 2.24) is 4.90 Å². The van der Waals surface area contributed by atoms with Gasteiger partial charge in [0.25, 0.3) is 5.91 Å². The minimum atomic E-state index is -4.49. The fraction of sp³-hybridized carbons (Fsp3) is 0.667. The second-order valence-corrected chi connectivity index (χ2v) is 9.84.